The Morgan fingerprint density at radius 1 is 1.28 bits per heavy atom. The zero-order chi connectivity index (χ0) is 18.0. The Hall–Kier alpha value is -3.13. The summed E-state index contributed by atoms with van der Waals surface area (Å²) in [4.78, 5) is 26.9. The molecule has 0 radical (unpaired) electrons. The molecule has 0 saturated carbocycles. The molecule has 0 aliphatic heterocycles. The molecule has 0 spiro atoms. The van der Waals surface area contributed by atoms with E-state index in [-0.39, 0.29) is 16.4 Å². The zero-order valence-corrected chi connectivity index (χ0v) is 13.8. The molecule has 0 saturated heterocycles. The van der Waals surface area contributed by atoms with E-state index in [1.54, 1.807) is 30.5 Å². The number of nitro benzene ring substituents is 1. The van der Waals surface area contributed by atoms with Gasteiger partial charge in [-0.15, -0.1) is 11.3 Å². The van der Waals surface area contributed by atoms with Crippen LogP contribution in [0.15, 0.2) is 47.8 Å². The third-order valence-corrected chi connectivity index (χ3v) is 4.30. The van der Waals surface area contributed by atoms with Crippen LogP contribution in [0.2, 0.25) is 0 Å². The normalized spacial score (nSPS) is 10.5. The molecule has 1 aromatic heterocycles. The van der Waals surface area contributed by atoms with E-state index in [2.05, 4.69) is 10.3 Å². The van der Waals surface area contributed by atoms with Crippen LogP contribution in [0, 0.1) is 22.9 Å². The first-order chi connectivity index (χ1) is 12.0. The Morgan fingerprint density at radius 2 is 2.04 bits per heavy atom. The van der Waals surface area contributed by atoms with E-state index >= 15 is 0 Å². The maximum atomic E-state index is 13.6. The van der Waals surface area contributed by atoms with Crippen molar-refractivity contribution in [3.8, 4) is 11.3 Å². The Bertz CT molecular complexity index is 971. The summed E-state index contributed by atoms with van der Waals surface area (Å²) in [5.41, 5.74) is 1.54. The highest BCUT2D eigenvalue weighted by Gasteiger charge is 2.16. The number of halogens is 1. The molecule has 8 heteroatoms. The molecule has 1 amide bonds. The van der Waals surface area contributed by atoms with Crippen LogP contribution < -0.4 is 5.32 Å². The molecule has 3 rings (SSSR count). The quantitative estimate of drug-likeness (QED) is 0.553. The van der Waals surface area contributed by atoms with Crippen LogP contribution in [0.5, 0.6) is 0 Å². The number of hydrogen-bond donors (Lipinski definition) is 1. The first kappa shape index (κ1) is 16.7. The Labute approximate surface area is 146 Å². The number of anilines is 1. The second-order valence-electron chi connectivity index (χ2n) is 5.23. The van der Waals surface area contributed by atoms with Crippen LogP contribution in [0.1, 0.15) is 15.9 Å². The van der Waals surface area contributed by atoms with Crippen molar-refractivity contribution < 1.29 is 14.1 Å². The number of thiazole rings is 1. The highest BCUT2D eigenvalue weighted by atomic mass is 32.1. The number of aromatic nitrogens is 1. The summed E-state index contributed by atoms with van der Waals surface area (Å²) in [6, 6.07) is 10.4. The number of carbonyl (C=O) groups excluding carboxylic acids is 1. The van der Waals surface area contributed by atoms with Crippen molar-refractivity contribution in [2.75, 3.05) is 5.32 Å². The standard InChI is InChI=1S/C17H12FN3O3S/c1-10-6-7-11(8-15(10)21(23)24)14-9-25-17(19-14)20-16(22)12-4-2-3-5-13(12)18/h2-9H,1H3,(H,19,20,22). The number of amides is 1. The van der Waals surface area contributed by atoms with Crippen molar-refractivity contribution in [2.24, 2.45) is 0 Å². The second-order valence-corrected chi connectivity index (χ2v) is 6.09. The summed E-state index contributed by atoms with van der Waals surface area (Å²) in [5.74, 6) is -1.22. The SMILES string of the molecule is Cc1ccc(-c2csc(NC(=O)c3ccccc3F)n2)cc1[N+](=O)[O-]. The van der Waals surface area contributed by atoms with Crippen LogP contribution in [-0.4, -0.2) is 15.8 Å². The Kier molecular flexibility index (Phi) is 4.53. The molecule has 0 aliphatic carbocycles. The fourth-order valence-electron chi connectivity index (χ4n) is 2.24. The average molecular weight is 357 g/mol. The minimum atomic E-state index is -0.620. The van der Waals surface area contributed by atoms with E-state index in [1.165, 1.54) is 24.3 Å². The molecule has 0 fully saturated rings. The van der Waals surface area contributed by atoms with Gasteiger partial charge >= 0.3 is 0 Å². The number of nitrogens with one attached hydrogen (secondary N) is 1. The second kappa shape index (κ2) is 6.78. The summed E-state index contributed by atoms with van der Waals surface area (Å²) in [7, 11) is 0. The fraction of sp³-hybridized carbons (Fsp3) is 0.0588. The van der Waals surface area contributed by atoms with Gasteiger partial charge in [0.15, 0.2) is 5.13 Å². The van der Waals surface area contributed by atoms with E-state index < -0.39 is 16.6 Å². The third kappa shape index (κ3) is 3.53. The minimum Gasteiger partial charge on any atom is -0.298 e. The summed E-state index contributed by atoms with van der Waals surface area (Å²) >= 11 is 1.16. The zero-order valence-electron chi connectivity index (χ0n) is 13.0. The number of nitrogens with zero attached hydrogens (tertiary/aromatic N) is 2. The van der Waals surface area contributed by atoms with Gasteiger partial charge < -0.3 is 0 Å². The van der Waals surface area contributed by atoms with Gasteiger partial charge in [-0.2, -0.15) is 0 Å². The van der Waals surface area contributed by atoms with E-state index in [4.69, 9.17) is 0 Å². The van der Waals surface area contributed by atoms with Gasteiger partial charge in [-0.05, 0) is 19.1 Å². The largest absolute Gasteiger partial charge is 0.298 e. The molecule has 3 aromatic rings. The van der Waals surface area contributed by atoms with Crippen molar-refractivity contribution >= 4 is 28.1 Å². The predicted octanol–water partition coefficient (Wildman–Crippen LogP) is 4.42. The lowest BCUT2D eigenvalue weighted by atomic mass is 10.1. The smallest absolute Gasteiger partial charge is 0.272 e. The van der Waals surface area contributed by atoms with E-state index in [1.807, 2.05) is 0 Å². The average Bonchev–Trinajstić information content (AvgIpc) is 3.03. The number of rotatable bonds is 4. The lowest BCUT2D eigenvalue weighted by molar-refractivity contribution is -0.385. The summed E-state index contributed by atoms with van der Waals surface area (Å²) in [6.45, 7) is 1.66. The van der Waals surface area contributed by atoms with Crippen molar-refractivity contribution in [1.82, 2.24) is 4.98 Å². The summed E-state index contributed by atoms with van der Waals surface area (Å²) in [6.07, 6.45) is 0. The highest BCUT2D eigenvalue weighted by Crippen LogP contribution is 2.29. The Morgan fingerprint density at radius 3 is 2.76 bits per heavy atom. The number of aryl methyl sites for hydroxylation is 1. The summed E-state index contributed by atoms with van der Waals surface area (Å²) < 4.78 is 13.6. The van der Waals surface area contributed by atoms with Crippen molar-refractivity contribution in [1.29, 1.82) is 0 Å². The van der Waals surface area contributed by atoms with E-state index in [0.29, 0.717) is 16.8 Å². The van der Waals surface area contributed by atoms with Crippen molar-refractivity contribution in [2.45, 2.75) is 6.92 Å². The highest BCUT2D eigenvalue weighted by molar-refractivity contribution is 7.14. The van der Waals surface area contributed by atoms with Gasteiger partial charge in [-0.25, -0.2) is 9.37 Å². The van der Waals surface area contributed by atoms with E-state index in [0.717, 1.165) is 11.3 Å². The molecular formula is C17H12FN3O3S. The van der Waals surface area contributed by atoms with Gasteiger partial charge in [0.1, 0.15) is 5.82 Å². The maximum Gasteiger partial charge on any atom is 0.272 e. The number of benzene rings is 2. The van der Waals surface area contributed by atoms with Gasteiger partial charge in [-0.1, -0.05) is 24.3 Å². The summed E-state index contributed by atoms with van der Waals surface area (Å²) in [5, 5.41) is 15.5. The lowest BCUT2D eigenvalue weighted by Gasteiger charge is -2.03. The van der Waals surface area contributed by atoms with Gasteiger partial charge in [0.05, 0.1) is 16.2 Å². The topological polar surface area (TPSA) is 85.1 Å². The Balaban J connectivity index is 1.84. The molecule has 6 nitrogen and oxygen atoms in total. The predicted molar refractivity (Wildman–Crippen MR) is 93.3 cm³/mol. The maximum absolute atomic E-state index is 13.6. The molecular weight excluding hydrogens is 345 g/mol. The third-order valence-electron chi connectivity index (χ3n) is 3.54. The van der Waals surface area contributed by atoms with E-state index in [9.17, 15) is 19.3 Å². The number of carbonyl (C=O) groups is 1. The number of nitro groups is 1. The van der Waals surface area contributed by atoms with Crippen LogP contribution in [-0.2, 0) is 0 Å². The fourth-order valence-corrected chi connectivity index (χ4v) is 2.95. The molecule has 0 unspecified atom stereocenters. The van der Waals surface area contributed by atoms with Gasteiger partial charge in [0, 0.05) is 22.6 Å². The van der Waals surface area contributed by atoms with Crippen LogP contribution in [0.4, 0.5) is 15.2 Å². The molecule has 0 bridgehead atoms. The molecule has 2 aromatic carbocycles. The van der Waals surface area contributed by atoms with Crippen molar-refractivity contribution in [3.05, 3.63) is 74.9 Å². The van der Waals surface area contributed by atoms with Gasteiger partial charge in [0.25, 0.3) is 11.6 Å². The molecule has 1 heterocycles. The molecule has 126 valence electrons. The monoisotopic (exact) mass is 357 g/mol. The minimum absolute atomic E-state index is 0.00226. The van der Waals surface area contributed by atoms with Crippen LogP contribution in [0.3, 0.4) is 0 Å². The lowest BCUT2D eigenvalue weighted by Crippen LogP contribution is -2.13. The van der Waals surface area contributed by atoms with Crippen LogP contribution in [0.25, 0.3) is 11.3 Å². The molecule has 1 N–H and O–H groups in total. The van der Waals surface area contributed by atoms with Crippen LogP contribution >= 0.6 is 11.3 Å². The van der Waals surface area contributed by atoms with Gasteiger partial charge in [-0.3, -0.25) is 20.2 Å². The molecule has 0 aliphatic rings. The number of hydrogen-bond acceptors (Lipinski definition) is 5. The molecule has 0 atom stereocenters. The van der Waals surface area contributed by atoms with Crippen molar-refractivity contribution in [3.63, 3.8) is 0 Å². The van der Waals surface area contributed by atoms with Gasteiger partial charge in [0.2, 0.25) is 0 Å². The molecule has 25 heavy (non-hydrogen) atoms. The first-order valence-electron chi connectivity index (χ1n) is 7.22. The first-order valence-corrected chi connectivity index (χ1v) is 8.10.